The number of rotatable bonds is 9. The highest BCUT2D eigenvalue weighted by molar-refractivity contribution is 6.31. The van der Waals surface area contributed by atoms with Crippen LogP contribution in [0.25, 0.3) is 11.3 Å². The molecule has 2 fully saturated rings. The van der Waals surface area contributed by atoms with Crippen molar-refractivity contribution in [2.45, 2.75) is 70.3 Å². The maximum absolute atomic E-state index is 14.8. The highest BCUT2D eigenvalue weighted by atomic mass is 35.5. The van der Waals surface area contributed by atoms with Gasteiger partial charge in [-0.15, -0.1) is 0 Å². The number of aliphatic hydroxyl groups is 1. The van der Waals surface area contributed by atoms with E-state index in [-0.39, 0.29) is 46.7 Å². The molecule has 2 aliphatic heterocycles. The second-order valence-electron chi connectivity index (χ2n) is 11.7. The molecule has 0 radical (unpaired) electrons. The van der Waals surface area contributed by atoms with Crippen molar-refractivity contribution in [1.29, 1.82) is 0 Å². The van der Waals surface area contributed by atoms with Gasteiger partial charge in [0.1, 0.15) is 5.69 Å². The van der Waals surface area contributed by atoms with Gasteiger partial charge >= 0.3 is 0 Å². The van der Waals surface area contributed by atoms with Crippen molar-refractivity contribution >= 4 is 29.1 Å². The molecule has 4 aromatic rings. The number of nitrogens with one attached hydrogen (secondary N) is 1. The number of benzene rings is 1. The zero-order valence-electron chi connectivity index (χ0n) is 25.4. The minimum absolute atomic E-state index is 0.128. The number of amides is 1. The number of aliphatic hydroxyl groups excluding tert-OH is 1. The molecule has 5 heterocycles. The minimum atomic E-state index is -2.99. The van der Waals surface area contributed by atoms with Crippen LogP contribution in [-0.4, -0.2) is 82.9 Å². The quantitative estimate of drug-likeness (QED) is 0.252. The summed E-state index contributed by atoms with van der Waals surface area (Å²) in [5.74, 6) is -1.11. The molecule has 2 saturated heterocycles. The van der Waals surface area contributed by atoms with Crippen molar-refractivity contribution in [1.82, 2.24) is 34.6 Å². The van der Waals surface area contributed by atoms with Gasteiger partial charge in [-0.1, -0.05) is 17.7 Å². The summed E-state index contributed by atoms with van der Waals surface area (Å²) < 4.78 is 43.6. The molecule has 2 unspecified atom stereocenters. The second-order valence-corrected chi connectivity index (χ2v) is 12.1. The van der Waals surface area contributed by atoms with Crippen LogP contribution in [0.15, 0.2) is 49.3 Å². The molecule has 5 atom stereocenters. The van der Waals surface area contributed by atoms with Crippen molar-refractivity contribution in [3.8, 4) is 11.3 Å². The van der Waals surface area contributed by atoms with Gasteiger partial charge in [-0.2, -0.15) is 5.10 Å². The van der Waals surface area contributed by atoms with Crippen LogP contribution in [0.2, 0.25) is 5.02 Å². The normalized spacial score (nSPS) is 21.3. The lowest BCUT2D eigenvalue weighted by Crippen LogP contribution is -2.60. The van der Waals surface area contributed by atoms with Gasteiger partial charge in [0, 0.05) is 66.5 Å². The molecule has 3 aromatic heterocycles. The third-order valence-electron chi connectivity index (χ3n) is 9.05. The van der Waals surface area contributed by atoms with Crippen LogP contribution in [0.1, 0.15) is 67.7 Å². The molecule has 2 N–H and O–H groups in total. The van der Waals surface area contributed by atoms with Crippen molar-refractivity contribution < 1.29 is 23.1 Å². The SMILES string of the molecule is CC(c1cnc(N2CCC2[C@@H](C)N2CC[C@H](O)[C@@H]2C)nc1)n1cc(NC(=O)c2cncc(-c3c(C(F)F)ccc(Cl)c3F)n2)cn1. The van der Waals surface area contributed by atoms with Gasteiger partial charge in [0.15, 0.2) is 5.82 Å². The molecule has 242 valence electrons. The van der Waals surface area contributed by atoms with E-state index in [1.54, 1.807) is 23.3 Å². The fraction of sp³-hybridized carbons (Fsp3) is 0.419. The Bertz CT molecular complexity index is 1720. The molecule has 11 nitrogen and oxygen atoms in total. The van der Waals surface area contributed by atoms with E-state index in [2.05, 4.69) is 54.0 Å². The number of aromatic nitrogens is 6. The molecule has 2 aliphatic rings. The number of halogens is 4. The highest BCUT2D eigenvalue weighted by Gasteiger charge is 2.41. The van der Waals surface area contributed by atoms with E-state index in [0.29, 0.717) is 11.6 Å². The van der Waals surface area contributed by atoms with Crippen molar-refractivity contribution in [2.75, 3.05) is 23.3 Å². The number of nitrogens with zero attached hydrogens (tertiary/aromatic N) is 8. The minimum Gasteiger partial charge on any atom is -0.391 e. The number of alkyl halides is 2. The Morgan fingerprint density at radius 3 is 2.50 bits per heavy atom. The summed E-state index contributed by atoms with van der Waals surface area (Å²) in [4.78, 5) is 34.8. The Labute approximate surface area is 268 Å². The second kappa shape index (κ2) is 12.9. The molecule has 0 aliphatic carbocycles. The average molecular weight is 656 g/mol. The molecular weight excluding hydrogens is 623 g/mol. The van der Waals surface area contributed by atoms with E-state index in [1.165, 1.54) is 6.20 Å². The molecular formula is C31H33ClF3N9O2. The van der Waals surface area contributed by atoms with Gasteiger partial charge in [0.25, 0.3) is 12.3 Å². The van der Waals surface area contributed by atoms with Gasteiger partial charge in [-0.05, 0) is 39.7 Å². The molecule has 46 heavy (non-hydrogen) atoms. The maximum atomic E-state index is 14.8. The monoisotopic (exact) mass is 655 g/mol. The van der Waals surface area contributed by atoms with Gasteiger partial charge < -0.3 is 15.3 Å². The molecule has 1 amide bonds. The Hall–Kier alpha value is -4.14. The third kappa shape index (κ3) is 6.04. The fourth-order valence-corrected chi connectivity index (χ4v) is 6.32. The van der Waals surface area contributed by atoms with Crippen molar-refractivity contribution in [3.63, 3.8) is 0 Å². The summed E-state index contributed by atoms with van der Waals surface area (Å²) in [6.07, 6.45) is 7.38. The number of hydrogen-bond donors (Lipinski definition) is 2. The number of likely N-dealkylation sites (tertiary alicyclic amines) is 1. The van der Waals surface area contributed by atoms with Crippen molar-refractivity contribution in [3.05, 3.63) is 77.0 Å². The largest absolute Gasteiger partial charge is 0.391 e. The average Bonchev–Trinajstić information content (AvgIpc) is 3.63. The number of carbonyl (C=O) groups is 1. The summed E-state index contributed by atoms with van der Waals surface area (Å²) in [7, 11) is 0. The molecule has 0 spiro atoms. The van der Waals surface area contributed by atoms with Crippen LogP contribution >= 0.6 is 11.6 Å². The summed E-state index contributed by atoms with van der Waals surface area (Å²) >= 11 is 5.83. The Morgan fingerprint density at radius 2 is 1.85 bits per heavy atom. The Kier molecular flexibility index (Phi) is 8.95. The van der Waals surface area contributed by atoms with Crippen LogP contribution in [-0.2, 0) is 0 Å². The Morgan fingerprint density at radius 1 is 1.09 bits per heavy atom. The molecule has 15 heteroatoms. The summed E-state index contributed by atoms with van der Waals surface area (Å²) in [5, 5.41) is 16.9. The smallest absolute Gasteiger partial charge is 0.275 e. The lowest BCUT2D eigenvalue weighted by Gasteiger charge is -2.48. The van der Waals surface area contributed by atoms with Crippen molar-refractivity contribution in [2.24, 2.45) is 0 Å². The van der Waals surface area contributed by atoms with E-state index in [4.69, 9.17) is 11.6 Å². The first-order valence-electron chi connectivity index (χ1n) is 15.0. The fourth-order valence-electron chi connectivity index (χ4n) is 6.16. The zero-order chi connectivity index (χ0) is 32.7. The van der Waals surface area contributed by atoms with Crippen LogP contribution in [0.3, 0.4) is 0 Å². The Balaban J connectivity index is 1.11. The van der Waals surface area contributed by atoms with Crippen LogP contribution in [0.4, 0.5) is 24.8 Å². The molecule has 0 saturated carbocycles. The first-order chi connectivity index (χ1) is 22.0. The van der Waals surface area contributed by atoms with E-state index in [0.717, 1.165) is 56.0 Å². The summed E-state index contributed by atoms with van der Waals surface area (Å²) in [6.45, 7) is 7.93. The molecule has 6 rings (SSSR count). The topological polar surface area (TPSA) is 125 Å². The highest BCUT2D eigenvalue weighted by Crippen LogP contribution is 2.36. The van der Waals surface area contributed by atoms with Crippen LogP contribution in [0, 0.1) is 5.82 Å². The molecule has 1 aromatic carbocycles. The predicted molar refractivity (Wildman–Crippen MR) is 165 cm³/mol. The number of carbonyl (C=O) groups excluding carboxylic acids is 1. The maximum Gasteiger partial charge on any atom is 0.275 e. The number of anilines is 2. The molecule has 0 bridgehead atoms. The summed E-state index contributed by atoms with van der Waals surface area (Å²) in [5.41, 5.74) is -0.432. The lowest BCUT2D eigenvalue weighted by atomic mass is 9.95. The first-order valence-corrected chi connectivity index (χ1v) is 15.4. The van der Waals surface area contributed by atoms with Crippen LogP contribution < -0.4 is 10.2 Å². The van der Waals surface area contributed by atoms with Gasteiger partial charge in [-0.25, -0.2) is 28.1 Å². The summed E-state index contributed by atoms with van der Waals surface area (Å²) in [6, 6.07) is 2.45. The van der Waals surface area contributed by atoms with E-state index >= 15 is 0 Å². The standard InChI is InChI=1S/C31H33ClF3N9O2/c1-16(19-10-37-31(38-11-19)43-8-6-25(43)17(2)42-9-7-26(45)18(42)3)44-15-20(12-39-44)40-30(46)24-14-36-13-23(41-24)27-21(29(34)35)4-5-22(32)28(27)33/h4-5,10-18,25-26,29,45H,6-9H2,1-3H3,(H,40,46)/t16?,17-,18+,25?,26+/m1/s1. The van der Waals surface area contributed by atoms with Gasteiger partial charge in [-0.3, -0.25) is 19.4 Å². The lowest BCUT2D eigenvalue weighted by molar-refractivity contribution is 0.0900. The van der Waals surface area contributed by atoms with E-state index in [1.807, 2.05) is 6.92 Å². The first kappa shape index (κ1) is 31.8. The van der Waals surface area contributed by atoms with Gasteiger partial charge in [0.05, 0.1) is 47.1 Å². The van der Waals surface area contributed by atoms with E-state index in [9.17, 15) is 23.1 Å². The zero-order valence-corrected chi connectivity index (χ0v) is 26.1. The van der Waals surface area contributed by atoms with E-state index < -0.39 is 29.3 Å². The number of hydrogen-bond acceptors (Lipinski definition) is 9. The third-order valence-corrected chi connectivity index (χ3v) is 9.34. The van der Waals surface area contributed by atoms with Gasteiger partial charge in [0.2, 0.25) is 5.95 Å². The van der Waals surface area contributed by atoms with Crippen LogP contribution in [0.5, 0.6) is 0 Å². The predicted octanol–water partition coefficient (Wildman–Crippen LogP) is 5.14.